The van der Waals surface area contributed by atoms with Crippen LogP contribution in [0.2, 0.25) is 0 Å². The lowest BCUT2D eigenvalue weighted by molar-refractivity contribution is -0.956. The molecule has 0 amide bonds. The van der Waals surface area contributed by atoms with Gasteiger partial charge in [0.1, 0.15) is 25.7 Å². The molecule has 2 rings (SSSR count). The van der Waals surface area contributed by atoms with Gasteiger partial charge in [-0.3, -0.25) is 0 Å². The molecule has 0 radical (unpaired) electrons. The van der Waals surface area contributed by atoms with Crippen molar-refractivity contribution in [2.75, 3.05) is 191 Å². The van der Waals surface area contributed by atoms with E-state index in [-0.39, 0.29) is 166 Å². The molecule has 0 aliphatic heterocycles. The number of carbonyl (C=O) groups excluding carboxylic acids is 1. The van der Waals surface area contributed by atoms with Crippen LogP contribution < -0.4 is 5.11 Å². The highest BCUT2D eigenvalue weighted by Gasteiger charge is 2.32. The van der Waals surface area contributed by atoms with Crippen molar-refractivity contribution in [3.63, 3.8) is 0 Å². The zero-order valence-corrected chi connectivity index (χ0v) is 92.8. The number of nitrogens with zero attached hydrogens (tertiary/aromatic N) is 1. The average Bonchev–Trinajstić information content (AvgIpc) is 0.819. The lowest BCUT2D eigenvalue weighted by Gasteiger charge is -2.41. The number of quaternary nitrogens is 1. The van der Waals surface area contributed by atoms with Crippen LogP contribution in [-0.2, 0) is 141 Å². The van der Waals surface area contributed by atoms with Gasteiger partial charge in [0.25, 0.3) is 0 Å². The lowest BCUT2D eigenvalue weighted by Crippen LogP contribution is -2.51. The Balaban J connectivity index is 1.48. The van der Waals surface area contributed by atoms with E-state index in [9.17, 15) is 9.90 Å². The van der Waals surface area contributed by atoms with E-state index in [2.05, 4.69) is 81.4 Å². The molecule has 0 spiro atoms. The molecule has 25 unspecified atom stereocenters. The first-order valence-electron chi connectivity index (χ1n) is 54.1. The molecule has 29 heteroatoms. The summed E-state index contributed by atoms with van der Waals surface area (Å²) in [5, 5.41) is 10.4. The summed E-state index contributed by atoms with van der Waals surface area (Å²) < 4.78 is 158. The summed E-state index contributed by atoms with van der Waals surface area (Å²) in [4.78, 5) is 10.4. The normalized spacial score (nSPS) is 17.8. The third-order valence-corrected chi connectivity index (χ3v) is 23.5. The highest BCUT2D eigenvalue weighted by Crippen LogP contribution is 2.26. The predicted molar refractivity (Wildman–Crippen MR) is 551 cm³/mol. The summed E-state index contributed by atoms with van der Waals surface area (Å²) in [5.74, 6) is -1.26. The third-order valence-electron chi connectivity index (χ3n) is 23.5. The zero-order valence-electron chi connectivity index (χ0n) is 92.8. The van der Waals surface area contributed by atoms with Gasteiger partial charge in [-0.25, -0.2) is 0 Å². The van der Waals surface area contributed by atoms with Crippen molar-refractivity contribution in [1.29, 1.82) is 0 Å². The van der Waals surface area contributed by atoms with E-state index in [1.165, 1.54) is 114 Å². The fourth-order valence-corrected chi connectivity index (χ4v) is 14.8. The third kappa shape index (κ3) is 79.0. The monoisotopic (exact) mass is 2000 g/mol. The van der Waals surface area contributed by atoms with Gasteiger partial charge in [-0.1, -0.05) is 157 Å². The van der Waals surface area contributed by atoms with Crippen molar-refractivity contribution < 1.29 is 138 Å². The fourth-order valence-electron chi connectivity index (χ4n) is 14.8. The van der Waals surface area contributed by atoms with Crippen molar-refractivity contribution in [2.45, 2.75) is 448 Å². The SMILES string of the molecule is CCCCCCCCCCCCCCCCCC[N+](Cc1ccccc1)(Cc1ccccc1)CC(C)OCC(C)OCC(C)OCC(C)OCC(C)OCC(C)OCC(C)OCC(C)OCC(C)OCC(C)OCC(C)OCC(C)OCC(C)OCC(C)OCC(C)OCC(C)OCC(C)OCC(C)OCC(C)OCC(C)OCC(C)OCC(C)OCC(C)OCC(C)OCC(C)OCCOCC(=O)[O-]. The number of unbranched alkanes of at least 4 members (excludes halogenated alkanes) is 15. The quantitative estimate of drug-likeness (QED) is 0.0439. The lowest BCUT2D eigenvalue weighted by atomic mass is 10.0. The molecule has 29 nitrogen and oxygen atoms in total. The van der Waals surface area contributed by atoms with Gasteiger partial charge in [0.15, 0.2) is 0 Å². The van der Waals surface area contributed by atoms with Gasteiger partial charge >= 0.3 is 0 Å². The molecule has 0 saturated heterocycles. The Bertz CT molecular complexity index is 3010. The van der Waals surface area contributed by atoms with Gasteiger partial charge in [-0.2, -0.15) is 0 Å². The van der Waals surface area contributed by atoms with Crippen LogP contribution in [0, 0.1) is 0 Å². The number of hydrogen-bond acceptors (Lipinski definition) is 28. The maximum atomic E-state index is 10.4. The van der Waals surface area contributed by atoms with Gasteiger partial charge in [0.2, 0.25) is 0 Å². The second kappa shape index (κ2) is 85.6. The summed E-state index contributed by atoms with van der Waals surface area (Å²) in [5.41, 5.74) is 2.75. The van der Waals surface area contributed by atoms with Crippen LogP contribution in [-0.4, -0.2) is 355 Å². The number of hydrogen-bond donors (Lipinski definition) is 0. The Kier molecular flexibility index (Phi) is 81.3. The van der Waals surface area contributed by atoms with Crippen molar-refractivity contribution in [1.82, 2.24) is 0 Å². The van der Waals surface area contributed by atoms with E-state index in [4.69, 9.17) is 123 Å². The summed E-state index contributed by atoms with van der Waals surface area (Å²) in [6, 6.07) is 22.1. The van der Waals surface area contributed by atoms with Gasteiger partial charge in [-0.05, 0) is 186 Å². The van der Waals surface area contributed by atoms with Gasteiger partial charge in [-0.15, -0.1) is 0 Å². The zero-order chi connectivity index (χ0) is 103. The second-order valence-corrected chi connectivity index (χ2v) is 40.4. The minimum absolute atomic E-state index is 0.0516. The molecule has 824 valence electrons. The summed E-state index contributed by atoms with van der Waals surface area (Å²) in [6.45, 7) is 66.4. The molecule has 0 N–H and O–H groups in total. The van der Waals surface area contributed by atoms with Gasteiger partial charge in [0, 0.05) is 11.1 Å². The minimum Gasteiger partial charge on any atom is -0.548 e. The molecule has 0 aromatic heterocycles. The molecule has 140 heavy (non-hydrogen) atoms. The average molecular weight is 2000 g/mol. The molecule has 2 aromatic rings. The molecular formula is C111H207NO28. The Morgan fingerprint density at radius 1 is 0.214 bits per heavy atom. The molecule has 0 fully saturated rings. The van der Waals surface area contributed by atoms with Crippen LogP contribution in [0.1, 0.15) is 294 Å². The molecule has 0 saturated carbocycles. The topological polar surface area (TPSA) is 280 Å². The molecule has 0 aliphatic rings. The van der Waals surface area contributed by atoms with Crippen molar-refractivity contribution in [3.05, 3.63) is 71.8 Å². The maximum absolute atomic E-state index is 10.4. The summed E-state index contributed by atoms with van der Waals surface area (Å²) in [6.07, 6.45) is 18.9. The smallest absolute Gasteiger partial charge is 0.105 e. The number of carboxylic acids is 1. The van der Waals surface area contributed by atoms with Crippen molar-refractivity contribution in [3.8, 4) is 0 Å². The molecular weight excluding hydrogens is 1800 g/mol. The summed E-state index contributed by atoms with van der Waals surface area (Å²) >= 11 is 0. The number of aliphatic carboxylic acids is 1. The van der Waals surface area contributed by atoms with Gasteiger partial charge < -0.3 is 138 Å². The van der Waals surface area contributed by atoms with Crippen LogP contribution in [0.3, 0.4) is 0 Å². The number of carbonyl (C=O) groups is 1. The molecule has 0 aliphatic carbocycles. The summed E-state index contributed by atoms with van der Waals surface area (Å²) in [7, 11) is 0. The van der Waals surface area contributed by atoms with Crippen LogP contribution in [0.4, 0.5) is 0 Å². The Morgan fingerprint density at radius 2 is 0.371 bits per heavy atom. The predicted octanol–water partition coefficient (Wildman–Crippen LogP) is 18.4. The van der Waals surface area contributed by atoms with E-state index in [1.54, 1.807) is 0 Å². The Hall–Kier alpha value is -3.17. The van der Waals surface area contributed by atoms with Crippen LogP contribution in [0.15, 0.2) is 60.7 Å². The molecule has 2 aromatic carbocycles. The van der Waals surface area contributed by atoms with E-state index in [0.717, 1.165) is 30.7 Å². The van der Waals surface area contributed by atoms with E-state index in [0.29, 0.717) is 159 Å². The highest BCUT2D eigenvalue weighted by molar-refractivity contribution is 5.65. The maximum Gasteiger partial charge on any atom is 0.105 e. The van der Waals surface area contributed by atoms with Crippen LogP contribution in [0.25, 0.3) is 0 Å². The van der Waals surface area contributed by atoms with Crippen molar-refractivity contribution in [2.24, 2.45) is 0 Å². The number of carboxylic acid groups (broad SMARTS) is 1. The standard InChI is InChI=1S/C111H207NO28/c1-27-28-29-30-31-32-33-34-35-36-37-38-39-40-41-48-53-112(57-109-49-44-42-45-50-109,58-110-51-46-43-47-52-110)56-84(2)117-60-86(4)119-62-88(6)121-64-90(8)123-66-92(10)125-68-94(12)127-70-96(14)129-72-98(16)131-74-100(18)133-76-102(20)135-78-104(22)137-80-106(24)139-82-108(26)140-81-107(25)138-79-105(23)136-77-103(21)134-75-101(19)132-73-99(17)130-71-97(15)128-69-95(13)126-67-93(11)124-65-91(9)122-63-89(7)120-61-87(5)118-59-85(3)116-55-54-115-83-111(113)114/h42-47,49-52,84-108H,27-41,48,53-83H2,1-26H3. The van der Waals surface area contributed by atoms with Crippen LogP contribution in [0.5, 0.6) is 0 Å². The fraction of sp³-hybridized carbons (Fsp3) is 0.883. The van der Waals surface area contributed by atoms with E-state index < -0.39 is 12.6 Å². The van der Waals surface area contributed by atoms with Gasteiger partial charge in [0.05, 0.1) is 337 Å². The van der Waals surface area contributed by atoms with Crippen LogP contribution >= 0.6 is 0 Å². The van der Waals surface area contributed by atoms with Crippen molar-refractivity contribution >= 4 is 5.97 Å². The van der Waals surface area contributed by atoms with E-state index >= 15 is 0 Å². The molecule has 0 bridgehead atoms. The second-order valence-electron chi connectivity index (χ2n) is 40.4. The Labute approximate surface area is 850 Å². The first kappa shape index (κ1) is 133. The number of rotatable bonds is 101. The highest BCUT2D eigenvalue weighted by atomic mass is 16.6. The number of ether oxygens (including phenoxy) is 26. The first-order chi connectivity index (χ1) is 67.0. The molecule has 25 atom stereocenters. The largest absolute Gasteiger partial charge is 0.548 e. The Morgan fingerprint density at radius 3 is 0.543 bits per heavy atom. The number of benzene rings is 2. The van der Waals surface area contributed by atoms with E-state index in [1.807, 2.05) is 159 Å². The minimum atomic E-state index is -1.26. The molecule has 0 heterocycles. The first-order valence-corrected chi connectivity index (χ1v) is 54.1.